The molecule has 0 atom stereocenters. The Morgan fingerprint density at radius 2 is 2.03 bits per heavy atom. The van der Waals surface area contributed by atoms with Crippen molar-refractivity contribution in [3.05, 3.63) is 81.4 Å². The molecule has 0 amide bonds. The normalized spacial score (nSPS) is 11.8. The van der Waals surface area contributed by atoms with E-state index >= 15 is 0 Å². The van der Waals surface area contributed by atoms with Crippen LogP contribution in [0.5, 0.6) is 5.75 Å². The maximum absolute atomic E-state index is 6.50. The van der Waals surface area contributed by atoms with E-state index in [9.17, 15) is 0 Å². The fourth-order valence-electron chi connectivity index (χ4n) is 3.17. The van der Waals surface area contributed by atoms with Crippen molar-refractivity contribution >= 4 is 40.2 Å². The van der Waals surface area contributed by atoms with Crippen LogP contribution in [0.1, 0.15) is 6.42 Å². The molecular weight excluding hydrogens is 439 g/mol. The number of imidazole rings is 1. The molecule has 2 aromatic heterocycles. The number of methoxy groups -OCH3 is 1. The highest BCUT2D eigenvalue weighted by molar-refractivity contribution is 7.07. The van der Waals surface area contributed by atoms with Crippen LogP contribution in [0.15, 0.2) is 71.6 Å². The molecule has 0 aliphatic rings. The lowest BCUT2D eigenvalue weighted by molar-refractivity contribution is 0.415. The Morgan fingerprint density at radius 1 is 1.13 bits per heavy atom. The van der Waals surface area contributed by atoms with E-state index in [-0.39, 0.29) is 0 Å². The zero-order valence-electron chi connectivity index (χ0n) is 16.3. The van der Waals surface area contributed by atoms with Gasteiger partial charge in [-0.15, -0.1) is 11.3 Å². The number of nitrogens with zero attached hydrogens (tertiary/aromatic N) is 4. The van der Waals surface area contributed by atoms with Gasteiger partial charge in [-0.05, 0) is 36.8 Å². The number of aromatic nitrogens is 3. The van der Waals surface area contributed by atoms with Gasteiger partial charge < -0.3 is 13.9 Å². The van der Waals surface area contributed by atoms with Gasteiger partial charge in [-0.3, -0.25) is 0 Å². The largest absolute Gasteiger partial charge is 0.497 e. The van der Waals surface area contributed by atoms with E-state index < -0.39 is 0 Å². The zero-order chi connectivity index (χ0) is 20.9. The van der Waals surface area contributed by atoms with Crippen molar-refractivity contribution < 1.29 is 4.74 Å². The first-order chi connectivity index (χ1) is 14.6. The number of halogens is 2. The SMILES string of the molecule is COc1cccc(N=c2scc(-c3cc(Cl)ccc3Cl)n2CCCn2ccnc2)c1. The van der Waals surface area contributed by atoms with Crippen molar-refractivity contribution in [1.29, 1.82) is 0 Å². The summed E-state index contributed by atoms with van der Waals surface area (Å²) >= 11 is 14.3. The molecule has 0 bridgehead atoms. The molecule has 0 saturated carbocycles. The maximum Gasteiger partial charge on any atom is 0.190 e. The van der Waals surface area contributed by atoms with Crippen molar-refractivity contribution in [2.24, 2.45) is 4.99 Å². The molecule has 4 aromatic rings. The summed E-state index contributed by atoms with van der Waals surface area (Å²) in [6.07, 6.45) is 6.51. The number of ether oxygens (including phenoxy) is 1. The molecule has 0 fully saturated rings. The van der Waals surface area contributed by atoms with Crippen LogP contribution in [-0.2, 0) is 13.1 Å². The van der Waals surface area contributed by atoms with E-state index in [2.05, 4.69) is 19.5 Å². The van der Waals surface area contributed by atoms with Crippen LogP contribution < -0.4 is 9.54 Å². The fraction of sp³-hybridized carbons (Fsp3) is 0.182. The third kappa shape index (κ3) is 4.78. The maximum atomic E-state index is 6.50. The number of hydrogen-bond acceptors (Lipinski definition) is 4. The van der Waals surface area contributed by atoms with Gasteiger partial charge in [-0.2, -0.15) is 0 Å². The van der Waals surface area contributed by atoms with Gasteiger partial charge in [0.2, 0.25) is 0 Å². The molecule has 0 spiro atoms. The first kappa shape index (κ1) is 20.7. The minimum Gasteiger partial charge on any atom is -0.497 e. The van der Waals surface area contributed by atoms with Crippen LogP contribution in [-0.4, -0.2) is 21.2 Å². The van der Waals surface area contributed by atoms with Crippen LogP contribution in [0, 0.1) is 0 Å². The van der Waals surface area contributed by atoms with E-state index in [4.69, 9.17) is 32.9 Å². The Hall–Kier alpha value is -2.54. The molecule has 0 N–H and O–H groups in total. The van der Waals surface area contributed by atoms with E-state index in [0.717, 1.165) is 47.0 Å². The topological polar surface area (TPSA) is 44.3 Å². The van der Waals surface area contributed by atoms with E-state index in [1.165, 1.54) is 0 Å². The average molecular weight is 459 g/mol. The van der Waals surface area contributed by atoms with Crippen LogP contribution in [0.2, 0.25) is 10.0 Å². The van der Waals surface area contributed by atoms with Gasteiger partial charge in [0.25, 0.3) is 0 Å². The zero-order valence-corrected chi connectivity index (χ0v) is 18.7. The number of hydrogen-bond donors (Lipinski definition) is 0. The molecule has 0 aliphatic carbocycles. The molecule has 154 valence electrons. The van der Waals surface area contributed by atoms with Crippen LogP contribution in [0.4, 0.5) is 5.69 Å². The van der Waals surface area contributed by atoms with Gasteiger partial charge in [0.15, 0.2) is 4.80 Å². The molecule has 30 heavy (non-hydrogen) atoms. The van der Waals surface area contributed by atoms with Gasteiger partial charge in [-0.25, -0.2) is 9.98 Å². The van der Waals surface area contributed by atoms with Gasteiger partial charge >= 0.3 is 0 Å². The summed E-state index contributed by atoms with van der Waals surface area (Å²) in [5.41, 5.74) is 2.73. The smallest absolute Gasteiger partial charge is 0.190 e. The molecule has 2 heterocycles. The van der Waals surface area contributed by atoms with Gasteiger partial charge in [0, 0.05) is 47.5 Å². The van der Waals surface area contributed by atoms with Crippen molar-refractivity contribution in [2.75, 3.05) is 7.11 Å². The van der Waals surface area contributed by atoms with Crippen molar-refractivity contribution in [1.82, 2.24) is 14.1 Å². The minimum atomic E-state index is 0.650. The predicted molar refractivity (Wildman–Crippen MR) is 123 cm³/mol. The number of thiazole rings is 1. The highest BCUT2D eigenvalue weighted by Gasteiger charge is 2.12. The first-order valence-electron chi connectivity index (χ1n) is 9.42. The summed E-state index contributed by atoms with van der Waals surface area (Å²) in [6.45, 7) is 1.65. The Balaban J connectivity index is 1.74. The molecule has 8 heteroatoms. The second-order valence-electron chi connectivity index (χ2n) is 6.65. The molecule has 4 rings (SSSR count). The lowest BCUT2D eigenvalue weighted by Gasteiger charge is -2.11. The molecule has 0 saturated heterocycles. The molecule has 2 aromatic carbocycles. The van der Waals surface area contributed by atoms with E-state index in [1.807, 2.05) is 48.9 Å². The second kappa shape index (κ2) is 9.51. The first-order valence-corrected chi connectivity index (χ1v) is 11.1. The molecule has 0 unspecified atom stereocenters. The molecule has 5 nitrogen and oxygen atoms in total. The summed E-state index contributed by atoms with van der Waals surface area (Å²) < 4.78 is 9.59. The summed E-state index contributed by atoms with van der Waals surface area (Å²) in [6, 6.07) is 13.2. The second-order valence-corrected chi connectivity index (χ2v) is 8.33. The summed E-state index contributed by atoms with van der Waals surface area (Å²) in [5.74, 6) is 0.776. The Kier molecular flexibility index (Phi) is 6.57. The number of aryl methyl sites for hydroxylation is 1. The number of benzene rings is 2. The molecule has 0 radical (unpaired) electrons. The Labute approximate surface area is 188 Å². The average Bonchev–Trinajstić information content (AvgIpc) is 3.41. The summed E-state index contributed by atoms with van der Waals surface area (Å²) in [5, 5.41) is 3.39. The van der Waals surface area contributed by atoms with Crippen LogP contribution in [0.25, 0.3) is 11.3 Å². The molecular formula is C22H20Cl2N4OS. The van der Waals surface area contributed by atoms with Crippen LogP contribution in [0.3, 0.4) is 0 Å². The molecule has 0 aliphatic heterocycles. The standard InChI is InChI=1S/C22H20Cl2N4OS/c1-29-18-5-2-4-17(13-18)26-22-28(10-3-9-27-11-8-25-15-27)21(14-30-22)19-12-16(23)6-7-20(19)24/h2,4-8,11-15H,3,9-10H2,1H3. The summed E-state index contributed by atoms with van der Waals surface area (Å²) in [7, 11) is 1.65. The van der Waals surface area contributed by atoms with E-state index in [0.29, 0.717) is 10.0 Å². The van der Waals surface area contributed by atoms with Crippen molar-refractivity contribution in [3.63, 3.8) is 0 Å². The predicted octanol–water partition coefficient (Wildman–Crippen LogP) is 6.05. The lowest BCUT2D eigenvalue weighted by Crippen LogP contribution is -2.17. The third-order valence-corrected chi connectivity index (χ3v) is 6.07. The van der Waals surface area contributed by atoms with Gasteiger partial charge in [0.05, 0.1) is 29.8 Å². The Morgan fingerprint density at radius 3 is 2.83 bits per heavy atom. The monoisotopic (exact) mass is 458 g/mol. The van der Waals surface area contributed by atoms with Crippen LogP contribution >= 0.6 is 34.5 Å². The quantitative estimate of drug-likeness (QED) is 0.338. The van der Waals surface area contributed by atoms with Gasteiger partial charge in [-0.1, -0.05) is 29.3 Å². The highest BCUT2D eigenvalue weighted by Crippen LogP contribution is 2.31. The highest BCUT2D eigenvalue weighted by atomic mass is 35.5. The lowest BCUT2D eigenvalue weighted by atomic mass is 10.1. The van der Waals surface area contributed by atoms with Crippen molar-refractivity contribution in [2.45, 2.75) is 19.5 Å². The minimum absolute atomic E-state index is 0.650. The van der Waals surface area contributed by atoms with Gasteiger partial charge in [0.1, 0.15) is 5.75 Å². The van der Waals surface area contributed by atoms with E-state index in [1.54, 1.807) is 30.7 Å². The third-order valence-electron chi connectivity index (χ3n) is 4.64. The fourth-order valence-corrected chi connectivity index (χ4v) is 4.50. The van der Waals surface area contributed by atoms with Crippen molar-refractivity contribution in [3.8, 4) is 17.0 Å². The number of rotatable bonds is 7. The Bertz CT molecular complexity index is 1200. The summed E-state index contributed by atoms with van der Waals surface area (Å²) in [4.78, 5) is 9.87.